The fourth-order valence-electron chi connectivity index (χ4n) is 5.69. The van der Waals surface area contributed by atoms with Gasteiger partial charge in [-0.05, 0) is 38.5 Å². The highest BCUT2D eigenvalue weighted by atomic mass is 31.2. The van der Waals surface area contributed by atoms with Crippen LogP contribution in [0, 0.1) is 0 Å². The fourth-order valence-corrected chi connectivity index (χ4v) is 6.48. The van der Waals surface area contributed by atoms with Gasteiger partial charge < -0.3 is 24.6 Å². The smallest absolute Gasteiger partial charge is 0.462 e. The minimum atomic E-state index is -4.61. The number of aliphatic hydroxyl groups excluding tert-OH is 2. The van der Waals surface area contributed by atoms with Gasteiger partial charge in [-0.25, -0.2) is 4.57 Å². The van der Waals surface area contributed by atoms with Crippen LogP contribution in [0.15, 0.2) is 12.2 Å². The molecule has 3 atom stereocenters. The number of unbranched alkanes of at least 4 members (excludes halogenated alkanes) is 23. The Morgan fingerprint density at radius 3 is 1.41 bits per heavy atom. The molecule has 0 saturated heterocycles. The average Bonchev–Trinajstić information content (AvgIpc) is 3.12. The molecule has 51 heavy (non-hydrogen) atoms. The Morgan fingerprint density at radius 2 is 0.961 bits per heavy atom. The van der Waals surface area contributed by atoms with Crippen molar-refractivity contribution >= 4 is 19.8 Å². The summed E-state index contributed by atoms with van der Waals surface area (Å²) in [6.07, 6.45) is 33.2. The molecule has 10 nitrogen and oxygen atoms in total. The lowest BCUT2D eigenvalue weighted by Gasteiger charge is -2.20. The predicted molar refractivity (Wildman–Crippen MR) is 205 cm³/mol. The zero-order chi connectivity index (χ0) is 37.7. The number of ether oxygens (including phenoxy) is 2. The molecule has 3 N–H and O–H groups in total. The number of rotatable bonds is 39. The van der Waals surface area contributed by atoms with E-state index in [2.05, 4.69) is 30.5 Å². The Balaban J connectivity index is 4.32. The SMILES string of the molecule is CCCCCCC/C=C\CCCCCCCC(=O)OC[C@H](COP(=O)(O)OC[C@@H](O)CO)OC(=O)CCCCCCCCCCCCCCCC. The first-order valence-corrected chi connectivity index (χ1v) is 22.1. The summed E-state index contributed by atoms with van der Waals surface area (Å²) in [7, 11) is -4.61. The molecular weight excluding hydrogens is 671 g/mol. The number of phosphoric acid groups is 1. The van der Waals surface area contributed by atoms with Crippen molar-refractivity contribution in [1.29, 1.82) is 0 Å². The first kappa shape index (κ1) is 49.7. The Morgan fingerprint density at radius 1 is 0.569 bits per heavy atom. The summed E-state index contributed by atoms with van der Waals surface area (Å²) in [5.74, 6) is -0.927. The second kappa shape index (κ2) is 37.0. The molecule has 0 amide bonds. The maximum Gasteiger partial charge on any atom is 0.472 e. The van der Waals surface area contributed by atoms with Crippen molar-refractivity contribution in [3.05, 3.63) is 12.2 Å². The van der Waals surface area contributed by atoms with Crippen LogP contribution >= 0.6 is 7.82 Å². The highest BCUT2D eigenvalue weighted by molar-refractivity contribution is 7.47. The molecule has 11 heteroatoms. The van der Waals surface area contributed by atoms with Crippen LogP contribution < -0.4 is 0 Å². The van der Waals surface area contributed by atoms with E-state index < -0.39 is 51.8 Å². The average molecular weight is 749 g/mol. The number of allylic oxidation sites excluding steroid dienone is 2. The van der Waals surface area contributed by atoms with Gasteiger partial charge in [0.2, 0.25) is 0 Å². The van der Waals surface area contributed by atoms with Gasteiger partial charge in [0, 0.05) is 12.8 Å². The standard InChI is InChI=1S/C40H77O10P/c1-3-5-7-9-11-13-15-17-19-21-23-25-27-29-31-39(43)47-35-38(36-49-51(45,46)48-34-37(42)33-41)50-40(44)32-30-28-26-24-22-20-18-16-14-12-10-8-6-4-2/h15,17,37-38,41-42H,3-14,16,18-36H2,1-2H3,(H,45,46)/b17-15-/t37-,38+/m0/s1. The van der Waals surface area contributed by atoms with Crippen molar-refractivity contribution in [2.75, 3.05) is 26.4 Å². The van der Waals surface area contributed by atoms with E-state index in [9.17, 15) is 24.2 Å². The van der Waals surface area contributed by atoms with Crippen molar-refractivity contribution in [1.82, 2.24) is 0 Å². The van der Waals surface area contributed by atoms with Gasteiger partial charge in [-0.3, -0.25) is 18.6 Å². The molecule has 302 valence electrons. The number of carbonyl (C=O) groups excluding carboxylic acids is 2. The summed E-state index contributed by atoms with van der Waals surface area (Å²) in [5.41, 5.74) is 0. The van der Waals surface area contributed by atoms with Crippen molar-refractivity contribution in [2.45, 2.75) is 206 Å². The molecule has 0 spiro atoms. The minimum absolute atomic E-state index is 0.188. The lowest BCUT2D eigenvalue weighted by molar-refractivity contribution is -0.161. The summed E-state index contributed by atoms with van der Waals surface area (Å²) in [4.78, 5) is 34.9. The third kappa shape index (κ3) is 36.8. The first-order valence-electron chi connectivity index (χ1n) is 20.6. The summed E-state index contributed by atoms with van der Waals surface area (Å²) >= 11 is 0. The van der Waals surface area contributed by atoms with Crippen molar-refractivity contribution in [3.8, 4) is 0 Å². The highest BCUT2D eigenvalue weighted by Gasteiger charge is 2.27. The number of phosphoric ester groups is 1. The maximum atomic E-state index is 12.6. The van der Waals surface area contributed by atoms with Crippen LogP contribution in [0.25, 0.3) is 0 Å². The van der Waals surface area contributed by atoms with Gasteiger partial charge >= 0.3 is 19.8 Å². The molecule has 0 aromatic rings. The molecule has 1 unspecified atom stereocenters. The maximum absolute atomic E-state index is 12.6. The van der Waals surface area contributed by atoms with Crippen LogP contribution in [0.4, 0.5) is 0 Å². The Labute approximate surface area is 311 Å². The van der Waals surface area contributed by atoms with Gasteiger partial charge in [-0.1, -0.05) is 154 Å². The number of hydrogen-bond donors (Lipinski definition) is 3. The Hall–Kier alpha value is -1.29. The van der Waals surface area contributed by atoms with Crippen molar-refractivity contribution in [2.24, 2.45) is 0 Å². The molecule has 0 aliphatic carbocycles. The molecule has 0 saturated carbocycles. The zero-order valence-electron chi connectivity index (χ0n) is 32.6. The molecule has 0 bridgehead atoms. The Kier molecular flexibility index (Phi) is 36.1. The van der Waals surface area contributed by atoms with E-state index in [4.69, 9.17) is 19.1 Å². The quantitative estimate of drug-likeness (QED) is 0.0240. The topological polar surface area (TPSA) is 149 Å². The molecule has 0 fully saturated rings. The largest absolute Gasteiger partial charge is 0.472 e. The third-order valence-corrected chi connectivity index (χ3v) is 9.87. The van der Waals surface area contributed by atoms with Crippen molar-refractivity contribution in [3.63, 3.8) is 0 Å². The molecule has 0 heterocycles. The van der Waals surface area contributed by atoms with Crippen LogP contribution in [0.5, 0.6) is 0 Å². The summed E-state index contributed by atoms with van der Waals surface area (Å²) < 4.78 is 32.6. The van der Waals surface area contributed by atoms with Gasteiger partial charge in [0.05, 0.1) is 19.8 Å². The normalized spacial score (nSPS) is 14.1. The predicted octanol–water partition coefficient (Wildman–Crippen LogP) is 10.4. The van der Waals surface area contributed by atoms with E-state index in [1.54, 1.807) is 0 Å². The Bertz CT molecular complexity index is 868. The number of hydrogen-bond acceptors (Lipinski definition) is 9. The van der Waals surface area contributed by atoms with E-state index in [1.807, 2.05) is 0 Å². The van der Waals surface area contributed by atoms with Crippen molar-refractivity contribution < 1.29 is 47.8 Å². The number of aliphatic hydroxyl groups is 2. The molecule has 0 aliphatic rings. The van der Waals surface area contributed by atoms with Gasteiger partial charge in [0.15, 0.2) is 6.10 Å². The monoisotopic (exact) mass is 749 g/mol. The lowest BCUT2D eigenvalue weighted by Crippen LogP contribution is -2.29. The lowest BCUT2D eigenvalue weighted by atomic mass is 10.0. The second-order valence-corrected chi connectivity index (χ2v) is 15.5. The van der Waals surface area contributed by atoms with Crippen LogP contribution in [-0.2, 0) is 32.7 Å². The van der Waals surface area contributed by atoms with E-state index in [-0.39, 0.29) is 19.4 Å². The van der Waals surface area contributed by atoms with Crippen LogP contribution in [-0.4, -0.2) is 65.7 Å². The zero-order valence-corrected chi connectivity index (χ0v) is 33.5. The van der Waals surface area contributed by atoms with Gasteiger partial charge in [0.1, 0.15) is 12.7 Å². The first-order chi connectivity index (χ1) is 24.7. The molecule has 0 aromatic heterocycles. The summed E-state index contributed by atoms with van der Waals surface area (Å²) in [6, 6.07) is 0. The van der Waals surface area contributed by atoms with E-state index in [1.165, 1.54) is 103 Å². The van der Waals surface area contributed by atoms with E-state index >= 15 is 0 Å². The van der Waals surface area contributed by atoms with Gasteiger partial charge in [-0.2, -0.15) is 0 Å². The number of carbonyl (C=O) groups is 2. The van der Waals surface area contributed by atoms with Crippen LogP contribution in [0.2, 0.25) is 0 Å². The highest BCUT2D eigenvalue weighted by Crippen LogP contribution is 2.43. The van der Waals surface area contributed by atoms with E-state index in [0.717, 1.165) is 51.4 Å². The third-order valence-electron chi connectivity index (χ3n) is 8.92. The molecule has 0 radical (unpaired) electrons. The van der Waals surface area contributed by atoms with Crippen LogP contribution in [0.1, 0.15) is 194 Å². The molecule has 0 aliphatic heterocycles. The minimum Gasteiger partial charge on any atom is -0.462 e. The fraction of sp³-hybridized carbons (Fsp3) is 0.900. The molecule has 0 aromatic carbocycles. The summed E-state index contributed by atoms with van der Waals surface area (Å²) in [5, 5.41) is 18.3. The molecule has 0 rings (SSSR count). The van der Waals surface area contributed by atoms with E-state index in [0.29, 0.717) is 12.8 Å². The molecular formula is C40H77O10P. The second-order valence-electron chi connectivity index (χ2n) is 14.0. The van der Waals surface area contributed by atoms with Gasteiger partial charge in [0.25, 0.3) is 0 Å². The summed E-state index contributed by atoms with van der Waals surface area (Å²) in [6.45, 7) is 2.37. The van der Waals surface area contributed by atoms with Crippen LogP contribution in [0.3, 0.4) is 0 Å². The number of esters is 2. The van der Waals surface area contributed by atoms with Gasteiger partial charge in [-0.15, -0.1) is 0 Å².